The van der Waals surface area contributed by atoms with Gasteiger partial charge in [-0.2, -0.15) is 0 Å². The monoisotopic (exact) mass is 448 g/mol. The lowest BCUT2D eigenvalue weighted by molar-refractivity contribution is -0.125. The van der Waals surface area contributed by atoms with Gasteiger partial charge in [0.2, 0.25) is 5.91 Å². The molecule has 0 aromatic heterocycles. The largest absolute Gasteiger partial charge is 0.325 e. The number of rotatable bonds is 4. The van der Waals surface area contributed by atoms with E-state index in [0.717, 1.165) is 11.1 Å². The van der Waals surface area contributed by atoms with Crippen LogP contribution in [0.4, 0.5) is 10.5 Å². The first-order valence-corrected chi connectivity index (χ1v) is 10.9. The van der Waals surface area contributed by atoms with Gasteiger partial charge in [-0.25, -0.2) is 4.79 Å². The minimum absolute atomic E-state index is 0.0993. The van der Waals surface area contributed by atoms with Crippen molar-refractivity contribution in [3.05, 3.63) is 65.2 Å². The van der Waals surface area contributed by atoms with E-state index >= 15 is 0 Å². The summed E-state index contributed by atoms with van der Waals surface area (Å²) in [6.07, 6.45) is 0.828. The van der Waals surface area contributed by atoms with Gasteiger partial charge >= 0.3 is 6.03 Å². The summed E-state index contributed by atoms with van der Waals surface area (Å²) < 4.78 is 0. The SMILES string of the molecule is CN1C(=O)NC(=O)C12Cc1ccc(NC(=O)CN(C(=O)c3ccccc3)C(C)(C)C)cc1C2. The quantitative estimate of drug-likeness (QED) is 0.703. The van der Waals surface area contributed by atoms with Crippen molar-refractivity contribution in [1.29, 1.82) is 0 Å². The molecule has 2 aromatic carbocycles. The van der Waals surface area contributed by atoms with E-state index in [0.29, 0.717) is 24.1 Å². The Balaban J connectivity index is 1.49. The Morgan fingerprint density at radius 2 is 1.73 bits per heavy atom. The first kappa shape index (κ1) is 22.5. The number of hydrogen-bond donors (Lipinski definition) is 2. The number of fused-ring (bicyclic) bond motifs is 1. The smallest absolute Gasteiger partial charge is 0.324 e. The third-order valence-electron chi connectivity index (χ3n) is 6.42. The topological polar surface area (TPSA) is 98.8 Å². The molecule has 33 heavy (non-hydrogen) atoms. The highest BCUT2D eigenvalue weighted by molar-refractivity contribution is 6.07. The van der Waals surface area contributed by atoms with Crippen LogP contribution >= 0.6 is 0 Å². The Bertz CT molecular complexity index is 1140. The Morgan fingerprint density at radius 1 is 1.06 bits per heavy atom. The van der Waals surface area contributed by atoms with Crippen LogP contribution in [0.15, 0.2) is 48.5 Å². The molecule has 1 saturated heterocycles. The van der Waals surface area contributed by atoms with Gasteiger partial charge in [-0.15, -0.1) is 0 Å². The van der Waals surface area contributed by atoms with E-state index in [-0.39, 0.29) is 24.3 Å². The number of urea groups is 1. The first-order valence-electron chi connectivity index (χ1n) is 10.9. The van der Waals surface area contributed by atoms with Gasteiger partial charge in [-0.3, -0.25) is 19.7 Å². The summed E-state index contributed by atoms with van der Waals surface area (Å²) >= 11 is 0. The highest BCUT2D eigenvalue weighted by Gasteiger charge is 2.54. The van der Waals surface area contributed by atoms with Crippen molar-refractivity contribution in [3.8, 4) is 0 Å². The number of imide groups is 1. The van der Waals surface area contributed by atoms with E-state index in [9.17, 15) is 19.2 Å². The van der Waals surface area contributed by atoms with Crippen LogP contribution in [-0.4, -0.2) is 58.2 Å². The maximum Gasteiger partial charge on any atom is 0.324 e. The predicted molar refractivity (Wildman–Crippen MR) is 124 cm³/mol. The normalized spacial score (nSPS) is 19.5. The molecule has 2 N–H and O–H groups in total. The number of hydrogen-bond acceptors (Lipinski definition) is 4. The summed E-state index contributed by atoms with van der Waals surface area (Å²) in [6.45, 7) is 5.57. The summed E-state index contributed by atoms with van der Waals surface area (Å²) in [7, 11) is 1.62. The summed E-state index contributed by atoms with van der Waals surface area (Å²) in [5, 5.41) is 5.26. The fourth-order valence-corrected chi connectivity index (χ4v) is 4.47. The molecular formula is C25H28N4O4. The van der Waals surface area contributed by atoms with Crippen LogP contribution in [0.5, 0.6) is 0 Å². The molecule has 0 radical (unpaired) electrons. The molecule has 1 aliphatic carbocycles. The van der Waals surface area contributed by atoms with Crippen molar-refractivity contribution >= 4 is 29.4 Å². The molecule has 1 spiro atoms. The number of anilines is 1. The van der Waals surface area contributed by atoms with Gasteiger partial charge < -0.3 is 15.1 Å². The van der Waals surface area contributed by atoms with Gasteiger partial charge in [0.05, 0.1) is 0 Å². The Kier molecular flexibility index (Phi) is 5.47. The summed E-state index contributed by atoms with van der Waals surface area (Å²) in [6, 6.07) is 14.0. The van der Waals surface area contributed by atoms with Gasteiger partial charge in [0.15, 0.2) is 0 Å². The van der Waals surface area contributed by atoms with Gasteiger partial charge in [-0.1, -0.05) is 24.3 Å². The van der Waals surface area contributed by atoms with Crippen LogP contribution in [-0.2, 0) is 22.4 Å². The summed E-state index contributed by atoms with van der Waals surface area (Å²) in [5.74, 6) is -0.820. The van der Waals surface area contributed by atoms with Crippen LogP contribution in [0.25, 0.3) is 0 Å². The van der Waals surface area contributed by atoms with Crippen molar-refractivity contribution in [2.75, 3.05) is 18.9 Å². The minimum Gasteiger partial charge on any atom is -0.325 e. The zero-order valence-corrected chi connectivity index (χ0v) is 19.3. The number of amides is 5. The van der Waals surface area contributed by atoms with E-state index in [2.05, 4.69) is 10.6 Å². The van der Waals surface area contributed by atoms with Crippen molar-refractivity contribution in [3.63, 3.8) is 0 Å². The molecule has 1 unspecified atom stereocenters. The van der Waals surface area contributed by atoms with Gasteiger partial charge in [0, 0.05) is 36.7 Å². The number of benzene rings is 2. The first-order chi connectivity index (χ1) is 15.5. The highest BCUT2D eigenvalue weighted by atomic mass is 16.2. The second kappa shape index (κ2) is 8.03. The van der Waals surface area contributed by atoms with Crippen molar-refractivity contribution < 1.29 is 19.2 Å². The molecule has 4 rings (SSSR count). The van der Waals surface area contributed by atoms with Crippen LogP contribution in [0.2, 0.25) is 0 Å². The lowest BCUT2D eigenvalue weighted by atomic mass is 9.95. The molecular weight excluding hydrogens is 420 g/mol. The highest BCUT2D eigenvalue weighted by Crippen LogP contribution is 2.38. The Morgan fingerprint density at radius 3 is 2.33 bits per heavy atom. The van der Waals surface area contributed by atoms with E-state index in [1.807, 2.05) is 39.0 Å². The molecule has 8 heteroatoms. The van der Waals surface area contributed by atoms with Crippen LogP contribution in [0.1, 0.15) is 42.3 Å². The van der Waals surface area contributed by atoms with E-state index in [1.54, 1.807) is 42.3 Å². The second-order valence-corrected chi connectivity index (χ2v) is 9.66. The molecule has 2 aromatic rings. The number of nitrogens with zero attached hydrogens (tertiary/aromatic N) is 2. The molecule has 5 amide bonds. The van der Waals surface area contributed by atoms with Crippen LogP contribution < -0.4 is 10.6 Å². The Labute approximate surface area is 192 Å². The molecule has 1 atom stereocenters. The molecule has 172 valence electrons. The third-order valence-corrected chi connectivity index (χ3v) is 6.42. The maximum atomic E-state index is 13.0. The number of likely N-dealkylation sites (N-methyl/N-ethyl adjacent to an activating group) is 1. The fraction of sp³-hybridized carbons (Fsp3) is 0.360. The number of carbonyl (C=O) groups is 4. The van der Waals surface area contributed by atoms with E-state index in [4.69, 9.17) is 0 Å². The van der Waals surface area contributed by atoms with Crippen LogP contribution in [0, 0.1) is 0 Å². The van der Waals surface area contributed by atoms with Crippen molar-refractivity contribution in [1.82, 2.24) is 15.1 Å². The standard InChI is InChI=1S/C25H28N4O4/c1-24(2,3)29(21(31)16-8-6-5-7-9-16)15-20(30)26-19-11-10-17-13-25(14-18(17)12-19)22(32)27-23(33)28(25)4/h5-12H,13-15H2,1-4H3,(H,26,30)(H,27,32,33). The number of nitrogens with one attached hydrogen (secondary N) is 2. The molecule has 2 aliphatic rings. The zero-order valence-electron chi connectivity index (χ0n) is 19.3. The third kappa shape index (κ3) is 4.08. The second-order valence-electron chi connectivity index (χ2n) is 9.66. The summed E-state index contributed by atoms with van der Waals surface area (Å²) in [5.41, 5.74) is 1.54. The molecule has 1 aliphatic heterocycles. The predicted octanol–water partition coefficient (Wildman–Crippen LogP) is 2.58. The van der Waals surface area contributed by atoms with Crippen molar-refractivity contribution in [2.24, 2.45) is 0 Å². The molecule has 8 nitrogen and oxygen atoms in total. The minimum atomic E-state index is -0.910. The van der Waals surface area contributed by atoms with E-state index in [1.165, 1.54) is 4.90 Å². The lowest BCUT2D eigenvalue weighted by Crippen LogP contribution is -2.49. The van der Waals surface area contributed by atoms with Gasteiger partial charge in [0.1, 0.15) is 12.1 Å². The number of carbonyl (C=O) groups excluding carboxylic acids is 4. The van der Waals surface area contributed by atoms with Crippen molar-refractivity contribution in [2.45, 2.75) is 44.7 Å². The Hall–Kier alpha value is -3.68. The molecule has 0 bridgehead atoms. The molecule has 1 heterocycles. The maximum absolute atomic E-state index is 13.0. The van der Waals surface area contributed by atoms with Gasteiger partial charge in [-0.05, 0) is 56.2 Å². The molecule has 1 fully saturated rings. The summed E-state index contributed by atoms with van der Waals surface area (Å²) in [4.78, 5) is 53.3. The lowest BCUT2D eigenvalue weighted by Gasteiger charge is -2.35. The average molecular weight is 449 g/mol. The van der Waals surface area contributed by atoms with Crippen LogP contribution in [0.3, 0.4) is 0 Å². The average Bonchev–Trinajstić information content (AvgIpc) is 3.24. The molecule has 0 saturated carbocycles. The fourth-order valence-electron chi connectivity index (χ4n) is 4.47. The zero-order chi connectivity index (χ0) is 24.0. The van der Waals surface area contributed by atoms with E-state index < -0.39 is 17.1 Å². The van der Waals surface area contributed by atoms with Gasteiger partial charge in [0.25, 0.3) is 11.8 Å².